The molecule has 2 rings (SSSR count). The Balaban J connectivity index is 2.51. The molecule has 0 aromatic rings. The summed E-state index contributed by atoms with van der Waals surface area (Å²) >= 11 is 0. The monoisotopic (exact) mass is 194 g/mol. The summed E-state index contributed by atoms with van der Waals surface area (Å²) in [6.07, 6.45) is 9.40. The van der Waals surface area contributed by atoms with Gasteiger partial charge in [-0.3, -0.25) is 0 Å². The third kappa shape index (κ3) is 0.958. The maximum absolute atomic E-state index is 2.40. The van der Waals surface area contributed by atoms with E-state index in [1.54, 1.807) is 10.6 Å². The van der Waals surface area contributed by atoms with Gasteiger partial charge in [0.2, 0.25) is 0 Å². The van der Waals surface area contributed by atoms with Crippen molar-refractivity contribution in [3.8, 4) is 0 Å². The van der Waals surface area contributed by atoms with Crippen molar-refractivity contribution in [2.24, 2.45) is 0 Å². The van der Waals surface area contributed by atoms with Crippen molar-refractivity contribution in [3.63, 3.8) is 0 Å². The number of hydrogen-bond donors (Lipinski definition) is 0. The maximum atomic E-state index is 2.40. The SMILES string of the molecule is CC(C)[PH]1(C(C)C)C2=CC=C1C=C2. The fraction of sp³-hybridized carbons (Fsp3) is 0.500. The summed E-state index contributed by atoms with van der Waals surface area (Å²) in [7, 11) is -1.27. The third-order valence-corrected chi connectivity index (χ3v) is 9.88. The van der Waals surface area contributed by atoms with E-state index in [1.165, 1.54) is 0 Å². The average Bonchev–Trinajstić information content (AvgIpc) is 2.57. The fourth-order valence-electron chi connectivity index (χ4n) is 3.19. The van der Waals surface area contributed by atoms with E-state index in [9.17, 15) is 0 Å². The van der Waals surface area contributed by atoms with Gasteiger partial charge in [-0.1, -0.05) is 0 Å². The van der Waals surface area contributed by atoms with E-state index < -0.39 is 7.26 Å². The summed E-state index contributed by atoms with van der Waals surface area (Å²) in [4.78, 5) is 0. The van der Waals surface area contributed by atoms with Gasteiger partial charge in [0, 0.05) is 0 Å². The summed E-state index contributed by atoms with van der Waals surface area (Å²) in [5, 5.41) is 3.32. The summed E-state index contributed by atoms with van der Waals surface area (Å²) in [5.74, 6) is 0. The van der Waals surface area contributed by atoms with Crippen LogP contribution in [0.5, 0.6) is 0 Å². The van der Waals surface area contributed by atoms with Crippen molar-refractivity contribution in [3.05, 3.63) is 34.9 Å². The molecule has 0 aliphatic carbocycles. The normalized spacial score (nSPS) is 25.4. The zero-order valence-electron chi connectivity index (χ0n) is 8.96. The van der Waals surface area contributed by atoms with Gasteiger partial charge in [-0.05, 0) is 0 Å². The molecule has 0 radical (unpaired) electrons. The average molecular weight is 194 g/mol. The van der Waals surface area contributed by atoms with E-state index in [-0.39, 0.29) is 0 Å². The van der Waals surface area contributed by atoms with E-state index in [0.29, 0.717) is 0 Å². The molecular formula is C12H19P. The van der Waals surface area contributed by atoms with Crippen LogP contribution >= 0.6 is 7.26 Å². The molecule has 0 saturated heterocycles. The van der Waals surface area contributed by atoms with Gasteiger partial charge in [-0.25, -0.2) is 0 Å². The zero-order valence-corrected chi connectivity index (χ0v) is 9.96. The first kappa shape index (κ1) is 9.21. The van der Waals surface area contributed by atoms with E-state index >= 15 is 0 Å². The molecule has 2 heterocycles. The molecule has 0 N–H and O–H groups in total. The van der Waals surface area contributed by atoms with Gasteiger partial charge in [0.25, 0.3) is 0 Å². The molecule has 0 amide bonds. The molecule has 13 heavy (non-hydrogen) atoms. The van der Waals surface area contributed by atoms with Gasteiger partial charge in [-0.15, -0.1) is 0 Å². The first-order chi connectivity index (χ1) is 6.10. The second-order valence-corrected chi connectivity index (χ2v) is 9.96. The molecule has 0 unspecified atom stereocenters. The van der Waals surface area contributed by atoms with Crippen LogP contribution in [-0.2, 0) is 0 Å². The van der Waals surface area contributed by atoms with Crippen molar-refractivity contribution in [1.29, 1.82) is 0 Å². The Morgan fingerprint density at radius 1 is 0.846 bits per heavy atom. The van der Waals surface area contributed by atoms with Crippen LogP contribution in [0.1, 0.15) is 27.7 Å². The van der Waals surface area contributed by atoms with Crippen molar-refractivity contribution in [2.75, 3.05) is 0 Å². The van der Waals surface area contributed by atoms with E-state index in [2.05, 4.69) is 52.0 Å². The van der Waals surface area contributed by atoms with Crippen LogP contribution in [0.15, 0.2) is 34.9 Å². The van der Waals surface area contributed by atoms with Crippen LogP contribution in [-0.4, -0.2) is 11.3 Å². The van der Waals surface area contributed by atoms with Gasteiger partial charge < -0.3 is 0 Å². The third-order valence-electron chi connectivity index (χ3n) is 3.66. The first-order valence-corrected chi connectivity index (χ1v) is 7.36. The number of rotatable bonds is 2. The molecule has 2 aliphatic rings. The summed E-state index contributed by atoms with van der Waals surface area (Å²) in [6.45, 7) is 9.58. The van der Waals surface area contributed by atoms with Gasteiger partial charge in [0.15, 0.2) is 0 Å². The van der Waals surface area contributed by atoms with Gasteiger partial charge >= 0.3 is 81.2 Å². The van der Waals surface area contributed by atoms with Crippen LogP contribution in [0.3, 0.4) is 0 Å². The molecule has 0 spiro atoms. The number of allylic oxidation sites excluding steroid dienone is 6. The second-order valence-electron chi connectivity index (χ2n) is 4.76. The molecule has 0 aromatic carbocycles. The molecule has 2 bridgehead atoms. The van der Waals surface area contributed by atoms with Gasteiger partial charge in [-0.2, -0.15) is 0 Å². The first-order valence-electron chi connectivity index (χ1n) is 5.21. The molecule has 1 heteroatoms. The Kier molecular flexibility index (Phi) is 2.00. The van der Waals surface area contributed by atoms with Crippen molar-refractivity contribution < 1.29 is 0 Å². The van der Waals surface area contributed by atoms with Crippen LogP contribution in [0.4, 0.5) is 0 Å². The van der Waals surface area contributed by atoms with Crippen molar-refractivity contribution in [1.82, 2.24) is 0 Å². The van der Waals surface area contributed by atoms with Gasteiger partial charge in [0.1, 0.15) is 0 Å². The summed E-state index contributed by atoms with van der Waals surface area (Å²) < 4.78 is 0. The quantitative estimate of drug-likeness (QED) is 0.585. The number of hydrogen-bond acceptors (Lipinski definition) is 0. The van der Waals surface area contributed by atoms with Crippen LogP contribution in [0.2, 0.25) is 0 Å². The molecule has 0 nitrogen and oxygen atoms in total. The minimum absolute atomic E-state index is 0.836. The Morgan fingerprint density at radius 3 is 1.38 bits per heavy atom. The minimum atomic E-state index is -1.27. The summed E-state index contributed by atoms with van der Waals surface area (Å²) in [5.41, 5.74) is 1.67. The Hall–Kier alpha value is -0.350. The molecule has 72 valence electrons. The van der Waals surface area contributed by atoms with E-state index in [4.69, 9.17) is 0 Å². The van der Waals surface area contributed by atoms with Crippen molar-refractivity contribution in [2.45, 2.75) is 39.0 Å². The zero-order chi connectivity index (χ0) is 9.64. The molecule has 0 aromatic heterocycles. The molecule has 2 aliphatic heterocycles. The number of fused-ring (bicyclic) bond motifs is 2. The topological polar surface area (TPSA) is 0 Å². The fourth-order valence-corrected chi connectivity index (χ4v) is 8.96. The molecule has 0 saturated carbocycles. The Labute approximate surface area is 81.8 Å². The second kappa shape index (κ2) is 2.82. The predicted octanol–water partition coefficient (Wildman–Crippen LogP) is 3.90. The van der Waals surface area contributed by atoms with Crippen LogP contribution in [0, 0.1) is 0 Å². The van der Waals surface area contributed by atoms with Crippen LogP contribution in [0.25, 0.3) is 0 Å². The molecule has 0 fully saturated rings. The predicted molar refractivity (Wildman–Crippen MR) is 63.9 cm³/mol. The van der Waals surface area contributed by atoms with E-state index in [1.807, 2.05) is 0 Å². The Bertz CT molecular complexity index is 284. The van der Waals surface area contributed by atoms with E-state index in [0.717, 1.165) is 11.3 Å². The van der Waals surface area contributed by atoms with Crippen LogP contribution < -0.4 is 0 Å². The van der Waals surface area contributed by atoms with Gasteiger partial charge in [0.05, 0.1) is 0 Å². The Morgan fingerprint density at radius 2 is 1.23 bits per heavy atom. The van der Waals surface area contributed by atoms with Crippen molar-refractivity contribution >= 4 is 7.26 Å². The molecule has 0 atom stereocenters. The standard InChI is InChI=1S/C12H19P/c1-9(2)13(10(3)4)11-5-6-12(13)8-7-11/h5-10,13H,1-4H3. The summed E-state index contributed by atoms with van der Waals surface area (Å²) in [6, 6.07) is 0. The molecular weight excluding hydrogens is 175 g/mol.